The number of nitrogen functional groups attached to an aromatic ring is 1. The topological polar surface area (TPSA) is 115 Å². The zero-order valence-corrected chi connectivity index (χ0v) is 18.7. The van der Waals surface area contributed by atoms with Crippen molar-refractivity contribution >= 4 is 22.9 Å². The van der Waals surface area contributed by atoms with E-state index in [1.54, 1.807) is 10.6 Å². The number of amides is 1. The lowest BCUT2D eigenvalue weighted by Gasteiger charge is -2.20. The van der Waals surface area contributed by atoms with Crippen LogP contribution in [0.1, 0.15) is 47.1 Å². The van der Waals surface area contributed by atoms with Gasteiger partial charge in [0, 0.05) is 25.6 Å². The van der Waals surface area contributed by atoms with E-state index in [-0.39, 0.29) is 5.92 Å². The number of para-hydroxylation sites is 1. The molecule has 0 atom stereocenters. The van der Waals surface area contributed by atoms with Crippen molar-refractivity contribution in [2.24, 2.45) is 5.73 Å². The van der Waals surface area contributed by atoms with Gasteiger partial charge in [0.2, 0.25) is 0 Å². The van der Waals surface area contributed by atoms with Gasteiger partial charge < -0.3 is 16.4 Å². The quantitative estimate of drug-likeness (QED) is 0.486. The third kappa shape index (κ3) is 3.75. The lowest BCUT2D eigenvalue weighted by molar-refractivity contribution is 0.100. The fourth-order valence-electron chi connectivity index (χ4n) is 4.01. The van der Waals surface area contributed by atoms with E-state index in [4.69, 9.17) is 16.5 Å². The average Bonchev–Trinajstić information content (AvgIpc) is 3.15. The van der Waals surface area contributed by atoms with Crippen LogP contribution in [0.5, 0.6) is 0 Å². The second kappa shape index (κ2) is 8.30. The summed E-state index contributed by atoms with van der Waals surface area (Å²) in [5.41, 5.74) is 17.7. The molecular weight excluding hydrogens is 402 g/mol. The first-order valence-corrected chi connectivity index (χ1v) is 10.4. The monoisotopic (exact) mass is 429 g/mol. The van der Waals surface area contributed by atoms with Crippen molar-refractivity contribution < 1.29 is 4.79 Å². The van der Waals surface area contributed by atoms with Crippen molar-refractivity contribution in [3.05, 3.63) is 71.3 Å². The maximum absolute atomic E-state index is 11.9. The maximum Gasteiger partial charge on any atom is 0.250 e. The summed E-state index contributed by atoms with van der Waals surface area (Å²) in [7, 11) is 3.83. The lowest BCUT2D eigenvalue weighted by atomic mass is 9.98. The first kappa shape index (κ1) is 21.3. The highest BCUT2D eigenvalue weighted by Gasteiger charge is 2.19. The molecule has 0 radical (unpaired) electrons. The Labute approximate surface area is 186 Å². The Bertz CT molecular complexity index is 1290. The van der Waals surface area contributed by atoms with Crippen LogP contribution in [0.15, 0.2) is 48.8 Å². The second-order valence-electron chi connectivity index (χ2n) is 8.32. The molecular formula is C24H27N7O. The molecule has 0 spiro atoms. The third-order valence-corrected chi connectivity index (χ3v) is 5.46. The third-order valence-electron chi connectivity index (χ3n) is 5.46. The van der Waals surface area contributed by atoms with Gasteiger partial charge in [0.15, 0.2) is 5.82 Å². The van der Waals surface area contributed by atoms with E-state index in [0.717, 1.165) is 33.9 Å². The Morgan fingerprint density at radius 3 is 2.47 bits per heavy atom. The van der Waals surface area contributed by atoms with Gasteiger partial charge in [-0.15, -0.1) is 0 Å². The summed E-state index contributed by atoms with van der Waals surface area (Å²) in [5.74, 6) is 0.995. The number of carbonyl (C=O) groups excluding carboxylic acids is 1. The van der Waals surface area contributed by atoms with E-state index >= 15 is 0 Å². The van der Waals surface area contributed by atoms with Crippen molar-refractivity contribution in [1.82, 2.24) is 19.6 Å². The zero-order chi connectivity index (χ0) is 23.0. The highest BCUT2D eigenvalue weighted by atomic mass is 16.1. The van der Waals surface area contributed by atoms with Crippen LogP contribution in [0.25, 0.3) is 16.8 Å². The molecule has 164 valence electrons. The number of nitrogens with two attached hydrogens (primary N) is 2. The molecule has 32 heavy (non-hydrogen) atoms. The summed E-state index contributed by atoms with van der Waals surface area (Å²) in [6, 6.07) is 13.8. The molecule has 0 saturated heterocycles. The summed E-state index contributed by atoms with van der Waals surface area (Å²) in [5, 5.41) is 4.35. The van der Waals surface area contributed by atoms with Crippen LogP contribution < -0.4 is 16.4 Å². The fourth-order valence-corrected chi connectivity index (χ4v) is 4.01. The molecule has 0 fully saturated rings. The molecule has 2 aromatic carbocycles. The van der Waals surface area contributed by atoms with Gasteiger partial charge in [0.05, 0.1) is 11.3 Å². The number of imidazole rings is 1. The number of hydrogen-bond acceptors (Lipinski definition) is 6. The summed E-state index contributed by atoms with van der Waals surface area (Å²) >= 11 is 0. The van der Waals surface area contributed by atoms with Gasteiger partial charge in [-0.25, -0.2) is 14.5 Å². The minimum absolute atomic E-state index is 0.187. The molecule has 4 N–H and O–H groups in total. The number of anilines is 2. The van der Waals surface area contributed by atoms with Crippen molar-refractivity contribution in [2.75, 3.05) is 24.7 Å². The minimum atomic E-state index is -0.432. The standard InChI is InChI=1S/C24H27N7O/c1-14(2)24-29-19(21-22(25)27-13-28-31(21)24)16-10-8-15(9-11-16)12-17-6-5-7-18(23(26)32)20(17)30(3)4/h5-11,13-14H,12H2,1-4H3,(H2,26,32)(H2,25,27,28). The molecule has 4 aromatic rings. The van der Waals surface area contributed by atoms with Crippen LogP contribution in [-0.2, 0) is 6.42 Å². The molecule has 0 aliphatic carbocycles. The number of aromatic nitrogens is 4. The van der Waals surface area contributed by atoms with Gasteiger partial charge in [-0.2, -0.15) is 5.10 Å². The van der Waals surface area contributed by atoms with Crippen LogP contribution in [0.4, 0.5) is 11.5 Å². The van der Waals surface area contributed by atoms with Gasteiger partial charge in [-0.05, 0) is 23.6 Å². The SMILES string of the molecule is CC(C)c1nc(-c2ccc(Cc3cccc(C(N)=O)c3N(C)C)cc2)c2c(N)ncnn12. The first-order valence-electron chi connectivity index (χ1n) is 10.4. The van der Waals surface area contributed by atoms with Crippen LogP contribution >= 0.6 is 0 Å². The van der Waals surface area contributed by atoms with Gasteiger partial charge in [-0.1, -0.05) is 50.2 Å². The second-order valence-corrected chi connectivity index (χ2v) is 8.32. The number of fused-ring (bicyclic) bond motifs is 1. The number of carbonyl (C=O) groups is 1. The van der Waals surface area contributed by atoms with Crippen LogP contribution in [0.3, 0.4) is 0 Å². The first-order chi connectivity index (χ1) is 15.3. The Morgan fingerprint density at radius 2 is 1.84 bits per heavy atom. The molecule has 0 aliphatic heterocycles. The van der Waals surface area contributed by atoms with E-state index in [0.29, 0.717) is 23.3 Å². The summed E-state index contributed by atoms with van der Waals surface area (Å²) in [4.78, 5) is 22.8. The molecule has 0 aliphatic rings. The molecule has 1 amide bonds. The number of hydrogen-bond donors (Lipinski definition) is 2. The molecule has 2 aromatic heterocycles. The Balaban J connectivity index is 1.72. The van der Waals surface area contributed by atoms with Crippen molar-refractivity contribution in [2.45, 2.75) is 26.2 Å². The van der Waals surface area contributed by atoms with Crippen LogP contribution in [0.2, 0.25) is 0 Å². The molecule has 0 bridgehead atoms. The Morgan fingerprint density at radius 1 is 1.12 bits per heavy atom. The van der Waals surface area contributed by atoms with Crippen LogP contribution in [0, 0.1) is 0 Å². The number of rotatable bonds is 6. The summed E-state index contributed by atoms with van der Waals surface area (Å²) in [6.45, 7) is 4.14. The highest BCUT2D eigenvalue weighted by molar-refractivity contribution is 5.99. The van der Waals surface area contributed by atoms with Crippen LogP contribution in [-0.4, -0.2) is 39.6 Å². The van der Waals surface area contributed by atoms with Crippen molar-refractivity contribution in [3.63, 3.8) is 0 Å². The van der Waals surface area contributed by atoms with E-state index in [1.165, 1.54) is 6.33 Å². The molecule has 4 rings (SSSR count). The predicted molar refractivity (Wildman–Crippen MR) is 127 cm³/mol. The molecule has 0 unspecified atom stereocenters. The van der Waals surface area contributed by atoms with Gasteiger partial charge in [-0.3, -0.25) is 4.79 Å². The van der Waals surface area contributed by atoms with Crippen molar-refractivity contribution in [1.29, 1.82) is 0 Å². The predicted octanol–water partition coefficient (Wildman–Crippen LogP) is 3.25. The molecule has 8 heteroatoms. The van der Waals surface area contributed by atoms with Gasteiger partial charge in [0.1, 0.15) is 23.4 Å². The summed E-state index contributed by atoms with van der Waals surface area (Å²) in [6.07, 6.45) is 2.12. The van der Waals surface area contributed by atoms with E-state index in [2.05, 4.69) is 36.1 Å². The summed E-state index contributed by atoms with van der Waals surface area (Å²) < 4.78 is 1.77. The van der Waals surface area contributed by atoms with Gasteiger partial charge >= 0.3 is 0 Å². The zero-order valence-electron chi connectivity index (χ0n) is 18.7. The highest BCUT2D eigenvalue weighted by Crippen LogP contribution is 2.31. The average molecular weight is 430 g/mol. The number of nitrogens with zero attached hydrogens (tertiary/aromatic N) is 5. The van der Waals surface area contributed by atoms with E-state index in [9.17, 15) is 4.79 Å². The van der Waals surface area contributed by atoms with Gasteiger partial charge in [0.25, 0.3) is 5.91 Å². The maximum atomic E-state index is 11.9. The Kier molecular flexibility index (Phi) is 5.52. The fraction of sp³-hybridized carbons (Fsp3) is 0.250. The number of primary amides is 1. The Hall–Kier alpha value is -3.94. The van der Waals surface area contributed by atoms with E-state index in [1.807, 2.05) is 43.3 Å². The lowest BCUT2D eigenvalue weighted by Crippen LogP contribution is -2.20. The normalized spacial score (nSPS) is 11.3. The molecule has 2 heterocycles. The van der Waals surface area contributed by atoms with Crippen molar-refractivity contribution in [3.8, 4) is 11.3 Å². The van der Waals surface area contributed by atoms with E-state index < -0.39 is 5.91 Å². The number of benzene rings is 2. The largest absolute Gasteiger partial charge is 0.382 e. The molecule has 0 saturated carbocycles. The minimum Gasteiger partial charge on any atom is -0.382 e. The molecule has 8 nitrogen and oxygen atoms in total. The smallest absolute Gasteiger partial charge is 0.250 e.